The number of anilines is 1. The van der Waals surface area contributed by atoms with Crippen molar-refractivity contribution in [3.63, 3.8) is 0 Å². The third kappa shape index (κ3) is 2.18. The van der Waals surface area contributed by atoms with E-state index in [0.717, 1.165) is 28.0 Å². The SMILES string of the molecule is Cc1c(C(=O)N2C[C@H](C)Oc3ccccc32)oc2ccccc12. The largest absolute Gasteiger partial charge is 0.487 e. The van der Waals surface area contributed by atoms with Gasteiger partial charge in [0.15, 0.2) is 5.76 Å². The molecule has 0 spiro atoms. The van der Waals surface area contributed by atoms with Crippen molar-refractivity contribution in [1.82, 2.24) is 0 Å². The number of aryl methyl sites for hydroxylation is 1. The second kappa shape index (κ2) is 5.16. The fourth-order valence-electron chi connectivity index (χ4n) is 3.08. The quantitative estimate of drug-likeness (QED) is 0.677. The third-order valence-electron chi connectivity index (χ3n) is 4.21. The van der Waals surface area contributed by atoms with Crippen LogP contribution in [-0.4, -0.2) is 18.6 Å². The highest BCUT2D eigenvalue weighted by Crippen LogP contribution is 2.35. The van der Waals surface area contributed by atoms with Crippen LogP contribution < -0.4 is 9.64 Å². The number of amides is 1. The van der Waals surface area contributed by atoms with Gasteiger partial charge in [-0.25, -0.2) is 0 Å². The number of hydrogen-bond donors (Lipinski definition) is 0. The minimum Gasteiger partial charge on any atom is -0.487 e. The van der Waals surface area contributed by atoms with Gasteiger partial charge in [-0.1, -0.05) is 30.3 Å². The highest BCUT2D eigenvalue weighted by molar-refractivity contribution is 6.08. The summed E-state index contributed by atoms with van der Waals surface area (Å²) in [6.07, 6.45) is -0.0569. The highest BCUT2D eigenvalue weighted by atomic mass is 16.5. The van der Waals surface area contributed by atoms with Gasteiger partial charge in [0.1, 0.15) is 17.4 Å². The Morgan fingerprint density at radius 3 is 2.70 bits per heavy atom. The molecule has 1 aromatic heterocycles. The van der Waals surface area contributed by atoms with Gasteiger partial charge in [0.2, 0.25) is 0 Å². The highest BCUT2D eigenvalue weighted by Gasteiger charge is 2.31. The zero-order chi connectivity index (χ0) is 16.0. The van der Waals surface area contributed by atoms with E-state index >= 15 is 0 Å². The number of ether oxygens (including phenoxy) is 1. The van der Waals surface area contributed by atoms with E-state index in [-0.39, 0.29) is 12.0 Å². The molecule has 0 saturated carbocycles. The Balaban J connectivity index is 1.81. The van der Waals surface area contributed by atoms with E-state index in [9.17, 15) is 4.79 Å². The maximum absolute atomic E-state index is 13.1. The summed E-state index contributed by atoms with van der Waals surface area (Å²) in [4.78, 5) is 14.8. The van der Waals surface area contributed by atoms with Crippen molar-refractivity contribution in [3.05, 3.63) is 59.9 Å². The van der Waals surface area contributed by atoms with Gasteiger partial charge in [-0.15, -0.1) is 0 Å². The second-order valence-corrected chi connectivity index (χ2v) is 5.86. The van der Waals surface area contributed by atoms with Crippen molar-refractivity contribution < 1.29 is 13.9 Å². The van der Waals surface area contributed by atoms with Crippen LogP contribution in [0.1, 0.15) is 23.0 Å². The van der Waals surface area contributed by atoms with E-state index in [2.05, 4.69) is 0 Å². The molecule has 1 aliphatic heterocycles. The van der Waals surface area contributed by atoms with Gasteiger partial charge in [-0.3, -0.25) is 9.69 Å². The van der Waals surface area contributed by atoms with Crippen molar-refractivity contribution in [1.29, 1.82) is 0 Å². The predicted molar refractivity (Wildman–Crippen MR) is 89.2 cm³/mol. The van der Waals surface area contributed by atoms with Crippen LogP contribution in [0.3, 0.4) is 0 Å². The molecule has 2 heterocycles. The monoisotopic (exact) mass is 307 g/mol. The Morgan fingerprint density at radius 2 is 1.87 bits per heavy atom. The standard InChI is InChI=1S/C19H17NO3/c1-12-11-20(15-8-4-6-10-17(15)22-12)19(21)18-13(2)14-7-3-5-9-16(14)23-18/h3-10,12H,11H2,1-2H3/t12-/m0/s1. The number of hydrogen-bond acceptors (Lipinski definition) is 3. The normalized spacial score (nSPS) is 17.0. The van der Waals surface area contributed by atoms with Gasteiger partial charge in [0.05, 0.1) is 12.2 Å². The Labute approximate surface area is 134 Å². The van der Waals surface area contributed by atoms with Crippen molar-refractivity contribution in [2.45, 2.75) is 20.0 Å². The molecule has 1 amide bonds. The average molecular weight is 307 g/mol. The fourth-order valence-corrected chi connectivity index (χ4v) is 3.08. The number of rotatable bonds is 1. The zero-order valence-corrected chi connectivity index (χ0v) is 13.1. The number of carbonyl (C=O) groups excluding carboxylic acids is 1. The first-order valence-corrected chi connectivity index (χ1v) is 7.71. The minimum atomic E-state index is -0.124. The molecule has 3 aromatic rings. The lowest BCUT2D eigenvalue weighted by atomic mass is 10.1. The van der Waals surface area contributed by atoms with Crippen LogP contribution in [0.15, 0.2) is 52.9 Å². The van der Waals surface area contributed by atoms with Crippen molar-refractivity contribution >= 4 is 22.6 Å². The van der Waals surface area contributed by atoms with Gasteiger partial charge >= 0.3 is 0 Å². The summed E-state index contributed by atoms with van der Waals surface area (Å²) in [5, 5.41) is 0.977. The average Bonchev–Trinajstić information content (AvgIpc) is 2.91. The third-order valence-corrected chi connectivity index (χ3v) is 4.21. The van der Waals surface area contributed by atoms with Crippen LogP contribution in [0.5, 0.6) is 5.75 Å². The Morgan fingerprint density at radius 1 is 1.13 bits per heavy atom. The number of benzene rings is 2. The Hall–Kier alpha value is -2.75. The number of carbonyl (C=O) groups is 1. The molecule has 0 bridgehead atoms. The molecule has 1 aliphatic rings. The summed E-state index contributed by atoms with van der Waals surface area (Å²) in [6.45, 7) is 4.39. The first-order valence-electron chi connectivity index (χ1n) is 7.71. The molecule has 0 unspecified atom stereocenters. The summed E-state index contributed by atoms with van der Waals surface area (Å²) < 4.78 is 11.6. The van der Waals surface area contributed by atoms with Crippen molar-refractivity contribution in [2.24, 2.45) is 0 Å². The van der Waals surface area contributed by atoms with Crippen LogP contribution in [0, 0.1) is 6.92 Å². The van der Waals surface area contributed by atoms with Crippen LogP contribution in [0.2, 0.25) is 0 Å². The fraction of sp³-hybridized carbons (Fsp3) is 0.211. The minimum absolute atomic E-state index is 0.0569. The van der Waals surface area contributed by atoms with E-state index in [0.29, 0.717) is 12.3 Å². The molecule has 4 rings (SSSR count). The summed E-state index contributed by atoms with van der Waals surface area (Å²) in [6, 6.07) is 15.3. The first-order chi connectivity index (χ1) is 11.1. The molecule has 23 heavy (non-hydrogen) atoms. The maximum atomic E-state index is 13.1. The van der Waals surface area contributed by atoms with E-state index in [1.54, 1.807) is 4.90 Å². The summed E-state index contributed by atoms with van der Waals surface area (Å²) in [5.74, 6) is 1.00. The summed E-state index contributed by atoms with van der Waals surface area (Å²) >= 11 is 0. The molecule has 0 aliphatic carbocycles. The smallest absolute Gasteiger partial charge is 0.294 e. The molecule has 4 heteroatoms. The van der Waals surface area contributed by atoms with Gasteiger partial charge in [0.25, 0.3) is 5.91 Å². The van der Waals surface area contributed by atoms with E-state index < -0.39 is 0 Å². The van der Waals surface area contributed by atoms with Gasteiger partial charge in [-0.2, -0.15) is 0 Å². The van der Waals surface area contributed by atoms with Crippen LogP contribution in [0.4, 0.5) is 5.69 Å². The van der Waals surface area contributed by atoms with Crippen molar-refractivity contribution in [2.75, 3.05) is 11.4 Å². The molecule has 2 aromatic carbocycles. The first kappa shape index (κ1) is 13.9. The van der Waals surface area contributed by atoms with E-state index in [1.165, 1.54) is 0 Å². The maximum Gasteiger partial charge on any atom is 0.294 e. The van der Waals surface area contributed by atoms with E-state index in [4.69, 9.17) is 9.15 Å². The predicted octanol–water partition coefficient (Wildman–Crippen LogP) is 4.17. The molecule has 0 radical (unpaired) electrons. The van der Waals surface area contributed by atoms with Gasteiger partial charge in [0, 0.05) is 10.9 Å². The number of nitrogens with zero attached hydrogens (tertiary/aromatic N) is 1. The Bertz CT molecular complexity index is 897. The van der Waals surface area contributed by atoms with Crippen molar-refractivity contribution in [3.8, 4) is 5.75 Å². The number of furan rings is 1. The van der Waals surface area contributed by atoms with Gasteiger partial charge in [-0.05, 0) is 32.0 Å². The molecular weight excluding hydrogens is 290 g/mol. The molecule has 4 nitrogen and oxygen atoms in total. The topological polar surface area (TPSA) is 42.7 Å². The molecular formula is C19H17NO3. The van der Waals surface area contributed by atoms with Gasteiger partial charge < -0.3 is 9.15 Å². The molecule has 0 N–H and O–H groups in total. The second-order valence-electron chi connectivity index (χ2n) is 5.86. The number of fused-ring (bicyclic) bond motifs is 2. The number of para-hydroxylation sites is 3. The van der Waals surface area contributed by atoms with Crippen LogP contribution in [0.25, 0.3) is 11.0 Å². The van der Waals surface area contributed by atoms with E-state index in [1.807, 2.05) is 62.4 Å². The molecule has 116 valence electrons. The van der Waals surface area contributed by atoms with Crippen LogP contribution in [-0.2, 0) is 0 Å². The lowest BCUT2D eigenvalue weighted by Gasteiger charge is -2.33. The zero-order valence-electron chi connectivity index (χ0n) is 13.1. The lowest BCUT2D eigenvalue weighted by molar-refractivity contribution is 0.0935. The van der Waals surface area contributed by atoms with Crippen LogP contribution >= 0.6 is 0 Å². The molecule has 1 atom stereocenters. The lowest BCUT2D eigenvalue weighted by Crippen LogP contribution is -2.42. The molecule has 0 fully saturated rings. The molecule has 0 saturated heterocycles. The summed E-state index contributed by atoms with van der Waals surface area (Å²) in [7, 11) is 0. The Kier molecular flexibility index (Phi) is 3.11. The summed E-state index contributed by atoms with van der Waals surface area (Å²) in [5.41, 5.74) is 2.40.